The molecule has 0 saturated carbocycles. The minimum absolute atomic E-state index is 0. The van der Waals surface area contributed by atoms with E-state index in [1.54, 1.807) is 11.8 Å². The Bertz CT molecular complexity index is 73.4. The van der Waals surface area contributed by atoms with Gasteiger partial charge >= 0.3 is 0 Å². The maximum absolute atomic E-state index is 7.94. The van der Waals surface area contributed by atoms with Crippen LogP contribution in [-0.2, 0) is 17.1 Å². The number of rotatable bonds is 0. The fraction of sp³-hybridized carbons (Fsp3) is 0.667. The van der Waals surface area contributed by atoms with Crippen molar-refractivity contribution in [3.8, 4) is 6.07 Å². The van der Waals surface area contributed by atoms with Gasteiger partial charge in [0.2, 0.25) is 0 Å². The zero-order valence-corrected chi connectivity index (χ0v) is 4.70. The molecule has 1 aliphatic heterocycles. The van der Waals surface area contributed by atoms with E-state index in [1.807, 2.05) is 0 Å². The van der Waals surface area contributed by atoms with Gasteiger partial charge in [-0.1, -0.05) is 0 Å². The summed E-state index contributed by atoms with van der Waals surface area (Å²) >= 11 is 1.71. The molecule has 1 fully saturated rings. The van der Waals surface area contributed by atoms with E-state index in [9.17, 15) is 0 Å². The molecular weight excluding hydrogens is 146 g/mol. The molecule has 1 rings (SSSR count). The van der Waals surface area contributed by atoms with Gasteiger partial charge in [0, 0.05) is 22.8 Å². The van der Waals surface area contributed by atoms with E-state index >= 15 is 0 Å². The zero-order chi connectivity index (χ0) is 3.70. The van der Waals surface area contributed by atoms with Crippen LogP contribution in [0, 0.1) is 11.3 Å². The van der Waals surface area contributed by atoms with E-state index in [4.69, 9.17) is 5.26 Å². The first-order chi connectivity index (χ1) is 2.43. The van der Waals surface area contributed by atoms with Crippen molar-refractivity contribution in [1.82, 2.24) is 0 Å². The van der Waals surface area contributed by atoms with Gasteiger partial charge in [0.1, 0.15) is 5.25 Å². The second-order valence-electron chi connectivity index (χ2n) is 0.951. The Balaban J connectivity index is 0.000000250. The van der Waals surface area contributed by atoms with Crippen molar-refractivity contribution in [2.45, 2.75) is 5.25 Å². The first-order valence-corrected chi connectivity index (χ1v) is 2.49. The van der Waals surface area contributed by atoms with Crippen molar-refractivity contribution in [2.75, 3.05) is 5.75 Å². The summed E-state index contributed by atoms with van der Waals surface area (Å²) in [4.78, 5) is 0. The molecule has 1 saturated heterocycles. The monoisotopic (exact) mass is 148 g/mol. The van der Waals surface area contributed by atoms with Gasteiger partial charge in [-0.15, -0.1) is 11.8 Å². The van der Waals surface area contributed by atoms with Crippen molar-refractivity contribution in [2.24, 2.45) is 0 Å². The van der Waals surface area contributed by atoms with Gasteiger partial charge in [-0.3, -0.25) is 0 Å². The molecule has 6 heavy (non-hydrogen) atoms. The van der Waals surface area contributed by atoms with Crippen molar-refractivity contribution < 1.29 is 17.1 Å². The van der Waals surface area contributed by atoms with E-state index in [0.717, 1.165) is 5.75 Å². The minimum atomic E-state index is 0. The Morgan fingerprint density at radius 3 is 2.33 bits per heavy atom. The van der Waals surface area contributed by atoms with Crippen LogP contribution in [0.25, 0.3) is 0 Å². The summed E-state index contributed by atoms with van der Waals surface area (Å²) < 4.78 is 0. The van der Waals surface area contributed by atoms with Crippen molar-refractivity contribution in [1.29, 1.82) is 5.26 Å². The van der Waals surface area contributed by atoms with Gasteiger partial charge in [-0.05, 0) is 0 Å². The van der Waals surface area contributed by atoms with Gasteiger partial charge in [0.15, 0.2) is 0 Å². The Hall–Kier alpha value is 0.359. The van der Waals surface area contributed by atoms with Crippen LogP contribution in [0.1, 0.15) is 0 Å². The topological polar surface area (TPSA) is 23.8 Å². The Morgan fingerprint density at radius 1 is 1.83 bits per heavy atom. The summed E-state index contributed by atoms with van der Waals surface area (Å²) in [6.07, 6.45) is 0. The van der Waals surface area contributed by atoms with E-state index in [-0.39, 0.29) is 17.1 Å². The fourth-order valence-corrected chi connectivity index (χ4v) is 0.368. The molecule has 0 aromatic carbocycles. The molecule has 37 valence electrons. The summed E-state index contributed by atoms with van der Waals surface area (Å²) in [6, 6.07) is 2.10. The molecule has 0 aromatic rings. The number of hydrogen-bond donors (Lipinski definition) is 0. The van der Waals surface area contributed by atoms with Crippen LogP contribution in [0.2, 0.25) is 0 Å². The van der Waals surface area contributed by atoms with E-state index in [2.05, 4.69) is 6.07 Å². The number of nitriles is 1. The largest absolute Gasteiger partial charge is 0.197 e. The van der Waals surface area contributed by atoms with Crippen molar-refractivity contribution in [3.63, 3.8) is 0 Å². The van der Waals surface area contributed by atoms with E-state index in [1.165, 1.54) is 0 Å². The summed E-state index contributed by atoms with van der Waals surface area (Å²) in [5.74, 6) is 1.07. The van der Waals surface area contributed by atoms with E-state index < -0.39 is 0 Å². The molecule has 1 aliphatic rings. The molecule has 0 aromatic heterocycles. The average molecular weight is 149 g/mol. The van der Waals surface area contributed by atoms with Gasteiger partial charge in [0.25, 0.3) is 0 Å². The first kappa shape index (κ1) is 6.36. The molecule has 3 heteroatoms. The molecular formula is C3H3CuNS. The van der Waals surface area contributed by atoms with Crippen LogP contribution in [0.15, 0.2) is 0 Å². The molecule has 0 bridgehead atoms. The Labute approximate surface area is 51.6 Å². The number of nitrogens with zero attached hydrogens (tertiary/aromatic N) is 1. The molecule has 1 unspecified atom stereocenters. The summed E-state index contributed by atoms with van der Waals surface area (Å²) in [5.41, 5.74) is 0. The molecule has 1 atom stereocenters. The molecule has 1 nitrogen and oxygen atoms in total. The normalized spacial score (nSPS) is 26.8. The third-order valence-electron chi connectivity index (χ3n) is 0.477. The third-order valence-corrected chi connectivity index (χ3v) is 1.25. The Morgan fingerprint density at radius 2 is 2.33 bits per heavy atom. The SMILES string of the molecule is N#CC1CS1.[Cu]. The summed E-state index contributed by atoms with van der Waals surface area (Å²) in [6.45, 7) is 0. The molecule has 0 amide bonds. The second kappa shape index (κ2) is 2.52. The van der Waals surface area contributed by atoms with Crippen LogP contribution >= 0.6 is 11.8 Å². The third kappa shape index (κ3) is 1.71. The Kier molecular flexibility index (Phi) is 2.67. The predicted octanol–water partition coefficient (Wildman–Crippen LogP) is 0.623. The van der Waals surface area contributed by atoms with Gasteiger partial charge < -0.3 is 0 Å². The van der Waals surface area contributed by atoms with Crippen LogP contribution in [-0.4, -0.2) is 11.0 Å². The van der Waals surface area contributed by atoms with Gasteiger partial charge in [-0.2, -0.15) is 5.26 Å². The zero-order valence-electron chi connectivity index (χ0n) is 2.94. The fourth-order valence-electron chi connectivity index (χ4n) is 0.123. The second-order valence-corrected chi connectivity index (χ2v) is 2.19. The van der Waals surface area contributed by atoms with Crippen molar-refractivity contribution >= 4 is 11.8 Å². The predicted molar refractivity (Wildman–Crippen MR) is 21.9 cm³/mol. The van der Waals surface area contributed by atoms with Crippen LogP contribution in [0.3, 0.4) is 0 Å². The summed E-state index contributed by atoms with van der Waals surface area (Å²) in [5, 5.41) is 8.29. The molecule has 0 N–H and O–H groups in total. The maximum Gasteiger partial charge on any atom is 0.101 e. The van der Waals surface area contributed by atoms with E-state index in [0.29, 0.717) is 5.25 Å². The summed E-state index contributed by atoms with van der Waals surface area (Å²) in [7, 11) is 0. The smallest absolute Gasteiger partial charge is 0.101 e. The van der Waals surface area contributed by atoms with Crippen molar-refractivity contribution in [3.05, 3.63) is 0 Å². The van der Waals surface area contributed by atoms with Crippen LogP contribution in [0.5, 0.6) is 0 Å². The van der Waals surface area contributed by atoms with Crippen LogP contribution in [0.4, 0.5) is 0 Å². The molecule has 0 spiro atoms. The number of hydrogen-bond acceptors (Lipinski definition) is 2. The molecule has 0 aliphatic carbocycles. The first-order valence-electron chi connectivity index (χ1n) is 1.44. The maximum atomic E-state index is 7.94. The quantitative estimate of drug-likeness (QED) is 0.372. The van der Waals surface area contributed by atoms with Gasteiger partial charge in [-0.25, -0.2) is 0 Å². The van der Waals surface area contributed by atoms with Crippen LogP contribution < -0.4 is 0 Å². The minimum Gasteiger partial charge on any atom is -0.197 e. The molecule has 1 heterocycles. The van der Waals surface area contributed by atoms with Gasteiger partial charge in [0.05, 0.1) is 6.07 Å². The average Bonchev–Trinajstić information content (AvgIpc) is 2.12. The molecule has 1 radical (unpaired) electrons. The number of thioether (sulfide) groups is 1. The standard InChI is InChI=1S/C3H3NS.Cu/c4-1-3-2-5-3;/h3H,2H2;.